The molecule has 0 radical (unpaired) electrons. The number of aliphatic carboxylic acids is 1. The van der Waals surface area contributed by atoms with Crippen molar-refractivity contribution >= 4 is 16.0 Å². The molecule has 1 heterocycles. The molecule has 19 heavy (non-hydrogen) atoms. The zero-order chi connectivity index (χ0) is 14.3. The van der Waals surface area contributed by atoms with Gasteiger partial charge in [0.25, 0.3) is 0 Å². The Morgan fingerprint density at radius 1 is 1.37 bits per heavy atom. The minimum absolute atomic E-state index is 0.185. The van der Waals surface area contributed by atoms with Crippen LogP contribution in [0.5, 0.6) is 0 Å². The standard InChI is InChI=1S/C13H17NO4S/c1-10-6-3-4-7-11(10)19(17,18)14-9-5-8-13(14,2)12(15)16/h3-4,6-7H,5,8-9H2,1-2H3,(H,15,16). The smallest absolute Gasteiger partial charge is 0.324 e. The second kappa shape index (κ2) is 4.61. The second-order valence-corrected chi connectivity index (χ2v) is 6.86. The van der Waals surface area contributed by atoms with Crippen molar-refractivity contribution in [3.05, 3.63) is 29.8 Å². The van der Waals surface area contributed by atoms with E-state index in [-0.39, 0.29) is 11.4 Å². The lowest BCUT2D eigenvalue weighted by atomic mass is 10.0. The topological polar surface area (TPSA) is 74.7 Å². The minimum Gasteiger partial charge on any atom is -0.480 e. The highest BCUT2D eigenvalue weighted by molar-refractivity contribution is 7.89. The molecule has 1 fully saturated rings. The largest absolute Gasteiger partial charge is 0.480 e. The van der Waals surface area contributed by atoms with Gasteiger partial charge < -0.3 is 5.11 Å². The van der Waals surface area contributed by atoms with Crippen LogP contribution in [0, 0.1) is 6.92 Å². The lowest BCUT2D eigenvalue weighted by Crippen LogP contribution is -2.50. The van der Waals surface area contributed by atoms with Gasteiger partial charge in [-0.25, -0.2) is 8.42 Å². The van der Waals surface area contributed by atoms with Crippen molar-refractivity contribution in [3.8, 4) is 0 Å². The molecule has 0 aromatic heterocycles. The van der Waals surface area contributed by atoms with Gasteiger partial charge >= 0.3 is 5.97 Å². The first-order valence-electron chi connectivity index (χ1n) is 6.12. The van der Waals surface area contributed by atoms with Crippen LogP contribution in [0.25, 0.3) is 0 Å². The number of hydrogen-bond donors (Lipinski definition) is 1. The molecule has 0 saturated carbocycles. The Bertz CT molecular complexity index is 611. The summed E-state index contributed by atoms with van der Waals surface area (Å²) in [5.74, 6) is -1.10. The molecule has 5 nitrogen and oxygen atoms in total. The van der Waals surface area contributed by atoms with Crippen molar-refractivity contribution in [2.24, 2.45) is 0 Å². The van der Waals surface area contributed by atoms with E-state index in [1.165, 1.54) is 13.0 Å². The van der Waals surface area contributed by atoms with Gasteiger partial charge in [-0.05, 0) is 38.3 Å². The first kappa shape index (κ1) is 14.0. The predicted molar refractivity (Wildman–Crippen MR) is 70.3 cm³/mol. The molecule has 6 heteroatoms. The number of sulfonamides is 1. The highest BCUT2D eigenvalue weighted by atomic mass is 32.2. The van der Waals surface area contributed by atoms with Crippen LogP contribution in [0.3, 0.4) is 0 Å². The molecular weight excluding hydrogens is 266 g/mol. The number of aryl methyl sites for hydroxylation is 1. The number of carboxylic acids is 1. The van der Waals surface area contributed by atoms with Crippen LogP contribution in [0.4, 0.5) is 0 Å². The van der Waals surface area contributed by atoms with Gasteiger partial charge in [-0.15, -0.1) is 0 Å². The van der Waals surface area contributed by atoms with Crippen LogP contribution in [0.1, 0.15) is 25.3 Å². The van der Waals surface area contributed by atoms with Crippen molar-refractivity contribution in [3.63, 3.8) is 0 Å². The van der Waals surface area contributed by atoms with E-state index in [0.717, 1.165) is 4.31 Å². The van der Waals surface area contributed by atoms with Crippen molar-refractivity contribution < 1.29 is 18.3 Å². The number of carboxylic acid groups (broad SMARTS) is 1. The summed E-state index contributed by atoms with van der Waals surface area (Å²) < 4.78 is 26.4. The number of carbonyl (C=O) groups is 1. The summed E-state index contributed by atoms with van der Waals surface area (Å²) in [6.45, 7) is 3.43. The average Bonchev–Trinajstić information content (AvgIpc) is 2.74. The third-order valence-corrected chi connectivity index (χ3v) is 5.88. The van der Waals surface area contributed by atoms with Gasteiger partial charge in [0.05, 0.1) is 4.90 Å². The molecule has 0 bridgehead atoms. The molecule has 0 aliphatic carbocycles. The van der Waals surface area contributed by atoms with E-state index in [1.807, 2.05) is 0 Å². The lowest BCUT2D eigenvalue weighted by Gasteiger charge is -2.30. The van der Waals surface area contributed by atoms with Crippen molar-refractivity contribution in [1.29, 1.82) is 0 Å². The van der Waals surface area contributed by atoms with Crippen molar-refractivity contribution in [2.75, 3.05) is 6.54 Å². The maximum Gasteiger partial charge on any atom is 0.324 e. The number of benzene rings is 1. The SMILES string of the molecule is Cc1ccccc1S(=O)(=O)N1CCCC1(C)C(=O)O. The Morgan fingerprint density at radius 3 is 2.58 bits per heavy atom. The Labute approximate surface area is 112 Å². The molecule has 1 aromatic carbocycles. The van der Waals surface area contributed by atoms with E-state index in [9.17, 15) is 18.3 Å². The van der Waals surface area contributed by atoms with Crippen molar-refractivity contribution in [1.82, 2.24) is 4.31 Å². The van der Waals surface area contributed by atoms with Crippen LogP contribution in [0.15, 0.2) is 29.2 Å². The van der Waals surface area contributed by atoms with Gasteiger partial charge in [0.1, 0.15) is 5.54 Å². The molecular formula is C13H17NO4S. The normalized spacial score (nSPS) is 24.5. The fraction of sp³-hybridized carbons (Fsp3) is 0.462. The monoisotopic (exact) mass is 283 g/mol. The molecule has 1 saturated heterocycles. The quantitative estimate of drug-likeness (QED) is 0.914. The molecule has 0 amide bonds. The molecule has 1 aromatic rings. The van der Waals surface area contributed by atoms with Crippen LogP contribution in [-0.4, -0.2) is 35.9 Å². The van der Waals surface area contributed by atoms with Crippen LogP contribution in [0.2, 0.25) is 0 Å². The zero-order valence-corrected chi connectivity index (χ0v) is 11.8. The Balaban J connectivity index is 2.52. The first-order chi connectivity index (χ1) is 8.80. The van der Waals surface area contributed by atoms with Crippen LogP contribution in [-0.2, 0) is 14.8 Å². The molecule has 104 valence electrons. The lowest BCUT2D eigenvalue weighted by molar-refractivity contribution is -0.146. The Kier molecular flexibility index (Phi) is 3.40. The van der Waals surface area contributed by atoms with Gasteiger partial charge in [-0.3, -0.25) is 4.79 Å². The third kappa shape index (κ3) is 2.15. The number of nitrogens with zero attached hydrogens (tertiary/aromatic N) is 1. The Hall–Kier alpha value is -1.40. The van der Waals surface area contributed by atoms with E-state index in [4.69, 9.17) is 0 Å². The van der Waals surface area contributed by atoms with Gasteiger partial charge in [0.15, 0.2) is 0 Å². The maximum absolute atomic E-state index is 12.6. The van der Waals surface area contributed by atoms with Crippen LogP contribution >= 0.6 is 0 Å². The molecule has 0 spiro atoms. The van der Waals surface area contributed by atoms with Gasteiger partial charge in [-0.2, -0.15) is 4.31 Å². The fourth-order valence-electron chi connectivity index (χ4n) is 2.50. The van der Waals surface area contributed by atoms with Crippen molar-refractivity contribution in [2.45, 2.75) is 37.1 Å². The highest BCUT2D eigenvalue weighted by Gasteiger charge is 2.49. The Morgan fingerprint density at radius 2 is 2.00 bits per heavy atom. The third-order valence-electron chi connectivity index (χ3n) is 3.70. The first-order valence-corrected chi connectivity index (χ1v) is 7.56. The summed E-state index contributed by atoms with van der Waals surface area (Å²) in [6.07, 6.45) is 0.904. The fourth-order valence-corrected chi connectivity index (χ4v) is 4.53. The molecule has 1 aliphatic heterocycles. The molecule has 1 unspecified atom stereocenters. The van der Waals surface area contributed by atoms with E-state index in [2.05, 4.69) is 0 Å². The average molecular weight is 283 g/mol. The highest BCUT2D eigenvalue weighted by Crippen LogP contribution is 2.35. The molecule has 1 atom stereocenters. The summed E-state index contributed by atoms with van der Waals surface area (Å²) >= 11 is 0. The molecule has 2 rings (SSSR count). The summed E-state index contributed by atoms with van der Waals surface area (Å²) in [5, 5.41) is 9.32. The summed E-state index contributed by atoms with van der Waals surface area (Å²) in [4.78, 5) is 11.6. The van der Waals surface area contributed by atoms with E-state index in [1.54, 1.807) is 25.1 Å². The van der Waals surface area contributed by atoms with Crippen LogP contribution < -0.4 is 0 Å². The van der Waals surface area contributed by atoms with E-state index >= 15 is 0 Å². The van der Waals surface area contributed by atoms with E-state index in [0.29, 0.717) is 18.4 Å². The molecule has 1 aliphatic rings. The summed E-state index contributed by atoms with van der Waals surface area (Å²) in [5.41, 5.74) is -0.719. The van der Waals surface area contributed by atoms with E-state index < -0.39 is 21.5 Å². The van der Waals surface area contributed by atoms with Gasteiger partial charge in [-0.1, -0.05) is 18.2 Å². The zero-order valence-electron chi connectivity index (χ0n) is 11.0. The summed E-state index contributed by atoms with van der Waals surface area (Å²) in [6, 6.07) is 6.63. The number of hydrogen-bond acceptors (Lipinski definition) is 3. The summed E-state index contributed by atoms with van der Waals surface area (Å²) in [7, 11) is -3.77. The van der Waals surface area contributed by atoms with Gasteiger partial charge in [0, 0.05) is 6.54 Å². The molecule has 1 N–H and O–H groups in total. The number of rotatable bonds is 3. The minimum atomic E-state index is -3.77. The second-order valence-electron chi connectivity index (χ2n) is 5.03. The maximum atomic E-state index is 12.6. The van der Waals surface area contributed by atoms with Gasteiger partial charge in [0.2, 0.25) is 10.0 Å². The predicted octanol–water partition coefficient (Wildman–Crippen LogP) is 1.62.